The number of hydrogen-bond donors (Lipinski definition) is 1. The highest BCUT2D eigenvalue weighted by atomic mass is 16.5. The van der Waals surface area contributed by atoms with Gasteiger partial charge >= 0.3 is 0 Å². The number of nitrogens with one attached hydrogen (secondary N) is 1. The third kappa shape index (κ3) is 4.10. The number of fused-ring (bicyclic) bond motifs is 1. The molecule has 2 aromatic heterocycles. The molecular weight excluding hydrogens is 400 g/mol. The molecule has 164 valence electrons. The van der Waals surface area contributed by atoms with Crippen molar-refractivity contribution in [3.63, 3.8) is 0 Å². The molecule has 1 unspecified atom stereocenters. The van der Waals surface area contributed by atoms with Crippen LogP contribution in [0.5, 0.6) is 5.75 Å². The lowest BCUT2D eigenvalue weighted by Gasteiger charge is -2.31. The van der Waals surface area contributed by atoms with E-state index < -0.39 is 0 Å². The summed E-state index contributed by atoms with van der Waals surface area (Å²) in [7, 11) is 0. The third-order valence-corrected chi connectivity index (χ3v) is 5.79. The molecule has 1 N–H and O–H groups in total. The molecule has 4 aromatic rings. The second kappa shape index (κ2) is 8.86. The highest BCUT2D eigenvalue weighted by molar-refractivity contribution is 5.90. The van der Waals surface area contributed by atoms with E-state index in [0.29, 0.717) is 12.5 Å². The quantitative estimate of drug-likeness (QED) is 0.456. The molecule has 3 heterocycles. The number of piperidine rings is 1. The first kappa shape index (κ1) is 20.3. The van der Waals surface area contributed by atoms with Crippen LogP contribution in [0.15, 0.2) is 60.8 Å². The van der Waals surface area contributed by atoms with Crippen molar-refractivity contribution in [3.8, 4) is 11.4 Å². The van der Waals surface area contributed by atoms with Crippen LogP contribution in [0.4, 0.5) is 17.5 Å². The van der Waals surface area contributed by atoms with Crippen molar-refractivity contribution in [1.29, 1.82) is 0 Å². The molecular formula is C25H28N6O. The van der Waals surface area contributed by atoms with Crippen LogP contribution in [-0.4, -0.2) is 39.4 Å². The maximum absolute atomic E-state index is 5.57. The Morgan fingerprint density at radius 3 is 2.62 bits per heavy atom. The Morgan fingerprint density at radius 1 is 1.06 bits per heavy atom. The number of ether oxygens (including phenoxy) is 1. The second-order valence-electron chi connectivity index (χ2n) is 8.28. The minimum absolute atomic E-state index is 0.629. The second-order valence-corrected chi connectivity index (χ2v) is 8.28. The molecule has 1 aliphatic heterocycles. The van der Waals surface area contributed by atoms with Gasteiger partial charge in [-0.25, -0.2) is 4.68 Å². The summed E-state index contributed by atoms with van der Waals surface area (Å²) in [6.07, 6.45) is 4.24. The monoisotopic (exact) mass is 428 g/mol. The van der Waals surface area contributed by atoms with E-state index in [9.17, 15) is 0 Å². The number of nitrogens with zero attached hydrogens (tertiary/aromatic N) is 5. The van der Waals surface area contributed by atoms with Crippen LogP contribution in [0.2, 0.25) is 0 Å². The normalized spacial score (nSPS) is 16.3. The topological polar surface area (TPSA) is 68.1 Å². The Labute approximate surface area is 188 Å². The van der Waals surface area contributed by atoms with Crippen molar-refractivity contribution in [2.75, 3.05) is 29.9 Å². The van der Waals surface area contributed by atoms with Crippen LogP contribution in [0.1, 0.15) is 26.7 Å². The smallest absolute Gasteiger partial charge is 0.229 e. The molecule has 1 fully saturated rings. The zero-order valence-corrected chi connectivity index (χ0v) is 18.5. The van der Waals surface area contributed by atoms with Crippen molar-refractivity contribution in [2.45, 2.75) is 26.7 Å². The number of aromatic nitrogens is 4. The lowest BCUT2D eigenvalue weighted by molar-refractivity contribution is 0.340. The van der Waals surface area contributed by atoms with Gasteiger partial charge in [0.05, 0.1) is 23.9 Å². The maximum atomic E-state index is 5.57. The van der Waals surface area contributed by atoms with Crippen molar-refractivity contribution < 1.29 is 4.74 Å². The van der Waals surface area contributed by atoms with E-state index >= 15 is 0 Å². The minimum Gasteiger partial charge on any atom is -0.494 e. The van der Waals surface area contributed by atoms with Gasteiger partial charge in [-0.15, -0.1) is 0 Å². The fourth-order valence-electron chi connectivity index (χ4n) is 4.20. The van der Waals surface area contributed by atoms with Crippen LogP contribution in [0.25, 0.3) is 16.7 Å². The van der Waals surface area contributed by atoms with E-state index in [0.717, 1.165) is 59.4 Å². The molecule has 1 saturated heterocycles. The molecule has 7 heteroatoms. The zero-order chi connectivity index (χ0) is 21.9. The number of rotatable bonds is 6. The van der Waals surface area contributed by atoms with Gasteiger partial charge in [0.25, 0.3) is 0 Å². The van der Waals surface area contributed by atoms with E-state index in [1.807, 2.05) is 72.4 Å². The van der Waals surface area contributed by atoms with Gasteiger partial charge in [0.15, 0.2) is 5.65 Å². The fraction of sp³-hybridized carbons (Fsp3) is 0.320. The first-order valence-electron chi connectivity index (χ1n) is 11.3. The first-order valence-corrected chi connectivity index (χ1v) is 11.3. The van der Waals surface area contributed by atoms with Gasteiger partial charge in [0, 0.05) is 18.8 Å². The zero-order valence-electron chi connectivity index (χ0n) is 18.5. The largest absolute Gasteiger partial charge is 0.494 e. The molecule has 7 nitrogen and oxygen atoms in total. The highest BCUT2D eigenvalue weighted by Crippen LogP contribution is 2.30. The molecule has 5 rings (SSSR count). The molecule has 1 atom stereocenters. The van der Waals surface area contributed by atoms with E-state index in [1.54, 1.807) is 0 Å². The average molecular weight is 429 g/mol. The lowest BCUT2D eigenvalue weighted by Crippen LogP contribution is -2.35. The number of hydrogen-bond acceptors (Lipinski definition) is 6. The summed E-state index contributed by atoms with van der Waals surface area (Å²) in [4.78, 5) is 12.2. The lowest BCUT2D eigenvalue weighted by atomic mass is 10.0. The van der Waals surface area contributed by atoms with Gasteiger partial charge in [0.1, 0.15) is 11.6 Å². The molecule has 0 spiro atoms. The van der Waals surface area contributed by atoms with Crippen molar-refractivity contribution in [1.82, 2.24) is 19.7 Å². The predicted octanol–water partition coefficient (Wildman–Crippen LogP) is 5.19. The van der Waals surface area contributed by atoms with Gasteiger partial charge in [0.2, 0.25) is 5.95 Å². The van der Waals surface area contributed by atoms with Gasteiger partial charge in [-0.1, -0.05) is 25.1 Å². The van der Waals surface area contributed by atoms with E-state index in [1.165, 1.54) is 6.42 Å². The molecule has 2 aromatic carbocycles. The van der Waals surface area contributed by atoms with Crippen LogP contribution in [0.3, 0.4) is 0 Å². The molecule has 0 aliphatic carbocycles. The van der Waals surface area contributed by atoms with E-state index in [2.05, 4.69) is 22.2 Å². The van der Waals surface area contributed by atoms with E-state index in [-0.39, 0.29) is 0 Å². The predicted molar refractivity (Wildman–Crippen MR) is 128 cm³/mol. The van der Waals surface area contributed by atoms with Crippen LogP contribution >= 0.6 is 0 Å². The Bertz CT molecular complexity index is 1190. The first-order chi connectivity index (χ1) is 15.7. The van der Waals surface area contributed by atoms with Crippen molar-refractivity contribution in [3.05, 3.63) is 60.8 Å². The summed E-state index contributed by atoms with van der Waals surface area (Å²) in [6, 6.07) is 18.0. The number of anilines is 3. The van der Waals surface area contributed by atoms with Crippen molar-refractivity contribution >= 4 is 28.5 Å². The summed E-state index contributed by atoms with van der Waals surface area (Å²) in [5, 5.41) is 9.01. The van der Waals surface area contributed by atoms with Crippen molar-refractivity contribution in [2.24, 2.45) is 5.92 Å². The fourth-order valence-corrected chi connectivity index (χ4v) is 4.20. The molecule has 0 radical (unpaired) electrons. The molecule has 0 bridgehead atoms. The van der Waals surface area contributed by atoms with Gasteiger partial charge < -0.3 is 15.0 Å². The number of benzene rings is 2. The Balaban J connectivity index is 1.58. The Hall–Kier alpha value is -3.61. The summed E-state index contributed by atoms with van der Waals surface area (Å²) in [5.74, 6) is 2.99. The molecule has 1 aliphatic rings. The Morgan fingerprint density at radius 2 is 1.88 bits per heavy atom. The molecule has 32 heavy (non-hydrogen) atoms. The standard InChI is InChI=1S/C25H28N6O/c1-3-32-21-13-11-19(12-14-21)27-23-22-16-26-31(20-9-5-4-6-10-20)24(22)29-25(28-23)30-15-7-8-18(2)17-30/h4-6,9-14,16,18H,3,7-8,15,17H2,1-2H3,(H,27,28,29). The average Bonchev–Trinajstić information content (AvgIpc) is 3.25. The third-order valence-electron chi connectivity index (χ3n) is 5.79. The summed E-state index contributed by atoms with van der Waals surface area (Å²) < 4.78 is 7.45. The summed E-state index contributed by atoms with van der Waals surface area (Å²) in [5.41, 5.74) is 2.72. The summed E-state index contributed by atoms with van der Waals surface area (Å²) >= 11 is 0. The molecule has 0 amide bonds. The van der Waals surface area contributed by atoms with Crippen LogP contribution < -0.4 is 15.0 Å². The van der Waals surface area contributed by atoms with Gasteiger partial charge in [-0.05, 0) is 62.1 Å². The maximum Gasteiger partial charge on any atom is 0.229 e. The number of para-hydroxylation sites is 1. The molecule has 0 saturated carbocycles. The van der Waals surface area contributed by atoms with Crippen LogP contribution in [-0.2, 0) is 0 Å². The van der Waals surface area contributed by atoms with Crippen LogP contribution in [0, 0.1) is 5.92 Å². The van der Waals surface area contributed by atoms with Gasteiger partial charge in [-0.2, -0.15) is 15.1 Å². The highest BCUT2D eigenvalue weighted by Gasteiger charge is 2.22. The van der Waals surface area contributed by atoms with Gasteiger partial charge in [-0.3, -0.25) is 0 Å². The SMILES string of the molecule is CCOc1ccc(Nc2nc(N3CCCC(C)C3)nc3c2cnn3-c2ccccc2)cc1. The van der Waals surface area contributed by atoms with E-state index in [4.69, 9.17) is 14.7 Å². The minimum atomic E-state index is 0.629. The summed E-state index contributed by atoms with van der Waals surface area (Å²) in [6.45, 7) is 6.86. The Kier molecular flexibility index (Phi) is 5.62.